The molecular weight excluding hydrogens is 192 g/mol. The van der Waals surface area contributed by atoms with Gasteiger partial charge in [0, 0.05) is 19.5 Å². The van der Waals surface area contributed by atoms with E-state index in [-0.39, 0.29) is 19.5 Å². The van der Waals surface area contributed by atoms with E-state index in [0.29, 0.717) is 13.0 Å². The number of carbonyl (C=O) groups is 1. The summed E-state index contributed by atoms with van der Waals surface area (Å²) in [5, 5.41) is 8.75. The first-order chi connectivity index (χ1) is 6.44. The second kappa shape index (κ2) is 4.21. The minimum atomic E-state index is -2.63. The van der Waals surface area contributed by atoms with Crippen molar-refractivity contribution in [3.05, 3.63) is 0 Å². The number of hydrogen-bond donors (Lipinski definition) is 1. The molecule has 0 aliphatic carbocycles. The third-order valence-electron chi connectivity index (χ3n) is 2.57. The Hall–Kier alpha value is -0.710. The highest BCUT2D eigenvalue weighted by Gasteiger charge is 2.39. The van der Waals surface area contributed by atoms with Crippen molar-refractivity contribution in [2.45, 2.75) is 25.7 Å². The number of nitrogens with zero attached hydrogens (tertiary/aromatic N) is 1. The molecule has 1 rings (SSSR count). The van der Waals surface area contributed by atoms with E-state index in [1.807, 2.05) is 0 Å². The van der Waals surface area contributed by atoms with Crippen molar-refractivity contribution in [1.82, 2.24) is 4.90 Å². The van der Waals surface area contributed by atoms with E-state index >= 15 is 0 Å². The zero-order valence-corrected chi connectivity index (χ0v) is 8.17. The van der Waals surface area contributed by atoms with E-state index in [9.17, 15) is 13.6 Å². The largest absolute Gasteiger partial charge is 0.481 e. The minimum absolute atomic E-state index is 0.150. The first-order valence-electron chi connectivity index (χ1n) is 4.77. The van der Waals surface area contributed by atoms with Gasteiger partial charge in [0.1, 0.15) is 0 Å². The molecular formula is C9H15F2NO2. The summed E-state index contributed by atoms with van der Waals surface area (Å²) in [6.07, 6.45) is 0.334. The lowest BCUT2D eigenvalue weighted by molar-refractivity contribution is -0.142. The second-order valence-electron chi connectivity index (χ2n) is 3.78. The quantitative estimate of drug-likeness (QED) is 0.758. The molecule has 1 aliphatic heterocycles. The van der Waals surface area contributed by atoms with E-state index in [2.05, 4.69) is 0 Å². The maximum atomic E-state index is 12.8. The molecule has 0 aromatic heterocycles. The van der Waals surface area contributed by atoms with Crippen LogP contribution in [0.2, 0.25) is 0 Å². The number of likely N-dealkylation sites (tertiary alicyclic amines) is 1. The Balaban J connectivity index is 2.42. The van der Waals surface area contributed by atoms with Crippen LogP contribution in [0.25, 0.3) is 0 Å². The van der Waals surface area contributed by atoms with Gasteiger partial charge in [-0.1, -0.05) is 6.92 Å². The summed E-state index contributed by atoms with van der Waals surface area (Å²) in [5.74, 6) is -4.05. The smallest absolute Gasteiger partial charge is 0.307 e. The number of aliphatic carboxylic acids is 1. The SMILES string of the molecule is CCC(CN1CCC(F)(F)C1)C(=O)O. The monoisotopic (exact) mass is 207 g/mol. The fourth-order valence-electron chi connectivity index (χ4n) is 1.66. The molecule has 1 atom stereocenters. The second-order valence-corrected chi connectivity index (χ2v) is 3.78. The van der Waals surface area contributed by atoms with Crippen LogP contribution in [0.5, 0.6) is 0 Å². The van der Waals surface area contributed by atoms with Gasteiger partial charge >= 0.3 is 5.97 Å². The molecule has 3 nitrogen and oxygen atoms in total. The molecule has 0 radical (unpaired) electrons. The van der Waals surface area contributed by atoms with Crippen LogP contribution >= 0.6 is 0 Å². The molecule has 14 heavy (non-hydrogen) atoms. The summed E-state index contributed by atoms with van der Waals surface area (Å²) >= 11 is 0. The summed E-state index contributed by atoms with van der Waals surface area (Å²) < 4.78 is 25.5. The lowest BCUT2D eigenvalue weighted by Crippen LogP contribution is -2.33. The molecule has 1 aliphatic rings. The van der Waals surface area contributed by atoms with Crippen molar-refractivity contribution in [1.29, 1.82) is 0 Å². The van der Waals surface area contributed by atoms with Crippen molar-refractivity contribution in [3.63, 3.8) is 0 Å². The van der Waals surface area contributed by atoms with Gasteiger partial charge in [-0.2, -0.15) is 0 Å². The number of rotatable bonds is 4. The zero-order chi connectivity index (χ0) is 10.8. The maximum Gasteiger partial charge on any atom is 0.307 e. The third-order valence-corrected chi connectivity index (χ3v) is 2.57. The number of carboxylic acids is 1. The Kier molecular flexibility index (Phi) is 3.42. The predicted octanol–water partition coefficient (Wildman–Crippen LogP) is 1.44. The van der Waals surface area contributed by atoms with Gasteiger partial charge in [0.15, 0.2) is 0 Å². The van der Waals surface area contributed by atoms with Crippen LogP contribution in [-0.4, -0.2) is 41.5 Å². The summed E-state index contributed by atoms with van der Waals surface area (Å²) in [5.41, 5.74) is 0. The standard InChI is InChI=1S/C9H15F2NO2/c1-2-7(8(13)14)5-12-4-3-9(10,11)6-12/h7H,2-6H2,1H3,(H,13,14). The van der Waals surface area contributed by atoms with Gasteiger partial charge < -0.3 is 5.11 Å². The third kappa shape index (κ3) is 2.90. The predicted molar refractivity (Wildman–Crippen MR) is 47.4 cm³/mol. The van der Waals surface area contributed by atoms with Crippen molar-refractivity contribution in [3.8, 4) is 0 Å². The molecule has 1 fully saturated rings. The maximum absolute atomic E-state index is 12.8. The molecule has 0 spiro atoms. The summed E-state index contributed by atoms with van der Waals surface area (Å²) in [6, 6.07) is 0. The van der Waals surface area contributed by atoms with Crippen LogP contribution in [0, 0.1) is 5.92 Å². The van der Waals surface area contributed by atoms with E-state index < -0.39 is 17.8 Å². The Morgan fingerprint density at radius 1 is 1.64 bits per heavy atom. The average Bonchev–Trinajstić information content (AvgIpc) is 2.41. The first kappa shape index (κ1) is 11.4. The van der Waals surface area contributed by atoms with Crippen LogP contribution in [0.15, 0.2) is 0 Å². The lowest BCUT2D eigenvalue weighted by Gasteiger charge is -2.19. The van der Waals surface area contributed by atoms with Crippen LogP contribution in [0.3, 0.4) is 0 Å². The highest BCUT2D eigenvalue weighted by Crippen LogP contribution is 2.27. The molecule has 0 amide bonds. The highest BCUT2D eigenvalue weighted by atomic mass is 19.3. The molecule has 1 saturated heterocycles. The average molecular weight is 207 g/mol. The Bertz CT molecular complexity index is 221. The number of halogens is 2. The minimum Gasteiger partial charge on any atom is -0.481 e. The van der Waals surface area contributed by atoms with E-state index in [4.69, 9.17) is 5.11 Å². The topological polar surface area (TPSA) is 40.5 Å². The highest BCUT2D eigenvalue weighted by molar-refractivity contribution is 5.70. The number of alkyl halides is 2. The molecule has 1 N–H and O–H groups in total. The van der Waals surface area contributed by atoms with Crippen molar-refractivity contribution in [2.75, 3.05) is 19.6 Å². The number of hydrogen-bond acceptors (Lipinski definition) is 2. The number of carboxylic acid groups (broad SMARTS) is 1. The lowest BCUT2D eigenvalue weighted by atomic mass is 10.1. The van der Waals surface area contributed by atoms with Crippen LogP contribution in [0.1, 0.15) is 19.8 Å². The molecule has 0 saturated carbocycles. The molecule has 0 aromatic carbocycles. The van der Waals surface area contributed by atoms with Crippen molar-refractivity contribution >= 4 is 5.97 Å². The summed E-state index contributed by atoms with van der Waals surface area (Å²) in [6.45, 7) is 2.00. The summed E-state index contributed by atoms with van der Waals surface area (Å²) in [7, 11) is 0. The zero-order valence-electron chi connectivity index (χ0n) is 8.17. The molecule has 0 aromatic rings. The van der Waals surface area contributed by atoms with Crippen LogP contribution < -0.4 is 0 Å². The normalized spacial score (nSPS) is 23.6. The van der Waals surface area contributed by atoms with Gasteiger partial charge in [-0.15, -0.1) is 0 Å². The fraction of sp³-hybridized carbons (Fsp3) is 0.889. The van der Waals surface area contributed by atoms with Gasteiger partial charge in [-0.3, -0.25) is 9.69 Å². The molecule has 82 valence electrons. The van der Waals surface area contributed by atoms with Gasteiger partial charge in [-0.25, -0.2) is 8.78 Å². The van der Waals surface area contributed by atoms with E-state index in [1.165, 1.54) is 4.90 Å². The van der Waals surface area contributed by atoms with Gasteiger partial charge in [0.2, 0.25) is 0 Å². The Labute approximate surface area is 81.7 Å². The van der Waals surface area contributed by atoms with Gasteiger partial charge in [0.25, 0.3) is 5.92 Å². The Morgan fingerprint density at radius 2 is 2.29 bits per heavy atom. The van der Waals surface area contributed by atoms with Crippen LogP contribution in [-0.2, 0) is 4.79 Å². The van der Waals surface area contributed by atoms with Gasteiger partial charge in [0.05, 0.1) is 12.5 Å². The molecule has 1 heterocycles. The van der Waals surface area contributed by atoms with Gasteiger partial charge in [-0.05, 0) is 6.42 Å². The molecule has 1 unspecified atom stereocenters. The van der Waals surface area contributed by atoms with Crippen molar-refractivity contribution in [2.24, 2.45) is 5.92 Å². The van der Waals surface area contributed by atoms with E-state index in [1.54, 1.807) is 6.92 Å². The van der Waals surface area contributed by atoms with Crippen LogP contribution in [0.4, 0.5) is 8.78 Å². The summed E-state index contributed by atoms with van der Waals surface area (Å²) in [4.78, 5) is 12.2. The van der Waals surface area contributed by atoms with Crippen molar-refractivity contribution < 1.29 is 18.7 Å². The van der Waals surface area contributed by atoms with E-state index in [0.717, 1.165) is 0 Å². The molecule has 5 heteroatoms. The molecule has 0 bridgehead atoms. The fourth-order valence-corrected chi connectivity index (χ4v) is 1.66. The first-order valence-corrected chi connectivity index (χ1v) is 4.77. The Morgan fingerprint density at radius 3 is 2.64 bits per heavy atom.